The smallest absolute Gasteiger partial charge is 0.267 e. The molecule has 0 aromatic carbocycles. The van der Waals surface area contributed by atoms with Gasteiger partial charge in [0.15, 0.2) is 0 Å². The standard InChI is InChI=1S/C14H22N4O3/c1-9(2)14(21)18-7-5-10(6-8-18)15-13(20)11-3-4-12(19)17-16-11/h9-10H,3-8H2,1-2H3,(H,15,20)(H,17,19). The van der Waals surface area contributed by atoms with Crippen LogP contribution in [-0.4, -0.2) is 47.5 Å². The Morgan fingerprint density at radius 1 is 1.29 bits per heavy atom. The molecule has 2 aliphatic rings. The Morgan fingerprint density at radius 2 is 1.95 bits per heavy atom. The van der Waals surface area contributed by atoms with Crippen molar-refractivity contribution in [1.29, 1.82) is 0 Å². The lowest BCUT2D eigenvalue weighted by molar-refractivity contribution is -0.135. The van der Waals surface area contributed by atoms with E-state index >= 15 is 0 Å². The number of hydrogen-bond acceptors (Lipinski definition) is 4. The van der Waals surface area contributed by atoms with Crippen molar-refractivity contribution in [3.8, 4) is 0 Å². The minimum Gasteiger partial charge on any atom is -0.348 e. The van der Waals surface area contributed by atoms with E-state index in [0.29, 0.717) is 31.6 Å². The van der Waals surface area contributed by atoms with Crippen LogP contribution in [0.4, 0.5) is 0 Å². The Labute approximate surface area is 124 Å². The first-order valence-corrected chi connectivity index (χ1v) is 7.42. The zero-order valence-electron chi connectivity index (χ0n) is 12.5. The predicted molar refractivity (Wildman–Crippen MR) is 77.4 cm³/mol. The lowest BCUT2D eigenvalue weighted by atomic mass is 10.0. The highest BCUT2D eigenvalue weighted by Gasteiger charge is 2.26. The molecule has 2 N–H and O–H groups in total. The van der Waals surface area contributed by atoms with Crippen LogP contribution in [0.5, 0.6) is 0 Å². The van der Waals surface area contributed by atoms with Gasteiger partial charge in [-0.2, -0.15) is 5.10 Å². The van der Waals surface area contributed by atoms with Gasteiger partial charge in [-0.25, -0.2) is 5.43 Å². The Bertz CT molecular complexity index is 465. The Kier molecular flexibility index (Phi) is 4.93. The Morgan fingerprint density at radius 3 is 2.48 bits per heavy atom. The van der Waals surface area contributed by atoms with Gasteiger partial charge in [0.1, 0.15) is 5.71 Å². The third-order valence-corrected chi connectivity index (χ3v) is 3.80. The van der Waals surface area contributed by atoms with Crippen LogP contribution < -0.4 is 10.7 Å². The molecule has 2 aliphatic heterocycles. The van der Waals surface area contributed by atoms with Gasteiger partial charge in [0.2, 0.25) is 11.8 Å². The zero-order valence-corrected chi connectivity index (χ0v) is 12.5. The molecule has 0 radical (unpaired) electrons. The van der Waals surface area contributed by atoms with E-state index in [1.165, 1.54) is 0 Å². The summed E-state index contributed by atoms with van der Waals surface area (Å²) in [5.74, 6) is -0.203. The molecule has 0 saturated carbocycles. The SMILES string of the molecule is CC(C)C(=O)N1CCC(NC(=O)C2=NNC(=O)CC2)CC1. The number of hydrazone groups is 1. The molecule has 7 heteroatoms. The first-order valence-electron chi connectivity index (χ1n) is 7.42. The normalized spacial score (nSPS) is 20.0. The van der Waals surface area contributed by atoms with Gasteiger partial charge >= 0.3 is 0 Å². The summed E-state index contributed by atoms with van der Waals surface area (Å²) in [7, 11) is 0. The fourth-order valence-corrected chi connectivity index (χ4v) is 2.52. The molecule has 116 valence electrons. The summed E-state index contributed by atoms with van der Waals surface area (Å²) < 4.78 is 0. The van der Waals surface area contributed by atoms with E-state index in [9.17, 15) is 14.4 Å². The van der Waals surface area contributed by atoms with E-state index < -0.39 is 0 Å². The Balaban J connectivity index is 1.80. The van der Waals surface area contributed by atoms with Crippen molar-refractivity contribution in [2.24, 2.45) is 11.0 Å². The van der Waals surface area contributed by atoms with Crippen LogP contribution in [0.25, 0.3) is 0 Å². The molecule has 2 heterocycles. The van der Waals surface area contributed by atoms with Crippen LogP contribution in [0.15, 0.2) is 5.10 Å². The molecule has 0 bridgehead atoms. The molecule has 0 aromatic rings. The van der Waals surface area contributed by atoms with Crippen LogP contribution in [0.2, 0.25) is 0 Å². The third-order valence-electron chi connectivity index (χ3n) is 3.80. The maximum Gasteiger partial charge on any atom is 0.267 e. The van der Waals surface area contributed by atoms with Crippen molar-refractivity contribution < 1.29 is 14.4 Å². The number of piperidine rings is 1. The lowest BCUT2D eigenvalue weighted by Gasteiger charge is -2.33. The molecule has 0 atom stereocenters. The molecule has 3 amide bonds. The minimum absolute atomic E-state index is 0.0105. The van der Waals surface area contributed by atoms with Crippen LogP contribution in [0, 0.1) is 5.92 Å². The van der Waals surface area contributed by atoms with Crippen molar-refractivity contribution in [2.75, 3.05) is 13.1 Å². The van der Waals surface area contributed by atoms with Crippen molar-refractivity contribution in [3.05, 3.63) is 0 Å². The molecule has 2 rings (SSSR count). The number of amides is 3. The van der Waals surface area contributed by atoms with Crippen molar-refractivity contribution in [2.45, 2.75) is 45.6 Å². The van der Waals surface area contributed by atoms with Gasteiger partial charge in [0.05, 0.1) is 0 Å². The topological polar surface area (TPSA) is 90.9 Å². The zero-order chi connectivity index (χ0) is 15.4. The molecule has 21 heavy (non-hydrogen) atoms. The second kappa shape index (κ2) is 6.69. The monoisotopic (exact) mass is 294 g/mol. The third kappa shape index (κ3) is 4.03. The molecule has 7 nitrogen and oxygen atoms in total. The van der Waals surface area contributed by atoms with Gasteiger partial charge < -0.3 is 10.2 Å². The fourth-order valence-electron chi connectivity index (χ4n) is 2.52. The summed E-state index contributed by atoms with van der Waals surface area (Å²) >= 11 is 0. The van der Waals surface area contributed by atoms with Crippen molar-refractivity contribution in [3.63, 3.8) is 0 Å². The van der Waals surface area contributed by atoms with Gasteiger partial charge in [-0.05, 0) is 12.8 Å². The van der Waals surface area contributed by atoms with Gasteiger partial charge in [-0.3, -0.25) is 14.4 Å². The summed E-state index contributed by atoms with van der Waals surface area (Å²) in [5.41, 5.74) is 2.69. The number of carbonyl (C=O) groups excluding carboxylic acids is 3. The van der Waals surface area contributed by atoms with E-state index in [0.717, 1.165) is 12.8 Å². The first kappa shape index (κ1) is 15.5. The van der Waals surface area contributed by atoms with E-state index in [1.54, 1.807) is 0 Å². The molecule has 0 spiro atoms. The first-order chi connectivity index (χ1) is 9.97. The number of nitrogens with zero attached hydrogens (tertiary/aromatic N) is 2. The second-order valence-electron chi connectivity index (χ2n) is 5.82. The molecular formula is C14H22N4O3. The summed E-state index contributed by atoms with van der Waals surface area (Å²) in [6.45, 7) is 5.13. The van der Waals surface area contributed by atoms with Gasteiger partial charge in [-0.15, -0.1) is 0 Å². The summed E-state index contributed by atoms with van der Waals surface area (Å²) in [4.78, 5) is 36.7. The number of carbonyl (C=O) groups is 3. The highest BCUT2D eigenvalue weighted by atomic mass is 16.2. The van der Waals surface area contributed by atoms with E-state index in [1.807, 2.05) is 18.7 Å². The minimum atomic E-state index is -0.219. The summed E-state index contributed by atoms with van der Waals surface area (Å²) in [5, 5.41) is 6.72. The van der Waals surface area contributed by atoms with Gasteiger partial charge in [0.25, 0.3) is 5.91 Å². The van der Waals surface area contributed by atoms with Crippen LogP contribution in [-0.2, 0) is 14.4 Å². The molecule has 0 unspecified atom stereocenters. The number of nitrogens with one attached hydrogen (secondary N) is 2. The Hall–Kier alpha value is -1.92. The van der Waals surface area contributed by atoms with E-state index in [2.05, 4.69) is 15.8 Å². The molecule has 0 aliphatic carbocycles. The highest BCUT2D eigenvalue weighted by Crippen LogP contribution is 2.13. The lowest BCUT2D eigenvalue weighted by Crippen LogP contribution is -2.49. The van der Waals surface area contributed by atoms with Crippen LogP contribution in [0.1, 0.15) is 39.5 Å². The molecule has 1 saturated heterocycles. The largest absolute Gasteiger partial charge is 0.348 e. The quantitative estimate of drug-likeness (QED) is 0.768. The van der Waals surface area contributed by atoms with Crippen molar-refractivity contribution >= 4 is 23.4 Å². The maximum atomic E-state index is 12.0. The van der Waals surface area contributed by atoms with Crippen LogP contribution >= 0.6 is 0 Å². The fraction of sp³-hybridized carbons (Fsp3) is 0.714. The molecule has 0 aromatic heterocycles. The van der Waals surface area contributed by atoms with E-state index in [4.69, 9.17) is 0 Å². The second-order valence-corrected chi connectivity index (χ2v) is 5.82. The average Bonchev–Trinajstić information content (AvgIpc) is 2.47. The van der Waals surface area contributed by atoms with E-state index in [-0.39, 0.29) is 29.7 Å². The predicted octanol–water partition coefficient (Wildman–Crippen LogP) is 0.0156. The van der Waals surface area contributed by atoms with Gasteiger partial charge in [0, 0.05) is 37.9 Å². The maximum absolute atomic E-state index is 12.0. The van der Waals surface area contributed by atoms with Gasteiger partial charge in [-0.1, -0.05) is 13.8 Å². The highest BCUT2D eigenvalue weighted by molar-refractivity contribution is 6.39. The number of rotatable bonds is 3. The van der Waals surface area contributed by atoms with Crippen LogP contribution in [0.3, 0.4) is 0 Å². The number of hydrogen-bond donors (Lipinski definition) is 2. The number of likely N-dealkylation sites (tertiary alicyclic amines) is 1. The van der Waals surface area contributed by atoms with Crippen molar-refractivity contribution in [1.82, 2.24) is 15.6 Å². The molecular weight excluding hydrogens is 272 g/mol. The summed E-state index contributed by atoms with van der Waals surface area (Å²) in [6.07, 6.45) is 2.18. The average molecular weight is 294 g/mol. The molecule has 1 fully saturated rings. The summed E-state index contributed by atoms with van der Waals surface area (Å²) in [6, 6.07) is 0.0639.